The minimum absolute atomic E-state index is 0.0200. The van der Waals surface area contributed by atoms with Gasteiger partial charge in [0.25, 0.3) is 0 Å². The number of ether oxygens (including phenoxy) is 1. The van der Waals surface area contributed by atoms with Crippen molar-refractivity contribution in [3.63, 3.8) is 0 Å². The average Bonchev–Trinajstić information content (AvgIpc) is 3.03. The molecule has 2 amide bonds. The summed E-state index contributed by atoms with van der Waals surface area (Å²) >= 11 is 0. The van der Waals surface area contributed by atoms with Gasteiger partial charge in [-0.05, 0) is 101 Å². The number of carbonyl (C=O) groups excluding carboxylic acids is 2. The number of amides is 2. The van der Waals surface area contributed by atoms with Gasteiger partial charge in [0.2, 0.25) is 5.91 Å². The van der Waals surface area contributed by atoms with Gasteiger partial charge in [-0.3, -0.25) is 4.79 Å². The van der Waals surface area contributed by atoms with Crippen LogP contribution in [0.4, 0.5) is 35.0 Å². The van der Waals surface area contributed by atoms with Crippen molar-refractivity contribution in [3.8, 4) is 0 Å². The van der Waals surface area contributed by atoms with Gasteiger partial charge >= 0.3 is 12.3 Å². The molecule has 2 aromatic carbocycles. The second kappa shape index (κ2) is 14.4. The standard InChI is InChI=1S/C35H48F3N5O3/c1-34(2,3)46-33(45)43-21-19-41(20-22-43)31-12-11-27(23-29(31)35(36,37)38)39-16-13-32(44)42-17-14-25(15-18-42)24-40-30-10-6-8-26-7-4-5-9-28(26)30/h6,8,10-12,23,25,39-40H,4-5,7,9,13-22,24H2,1-3H3. The molecule has 0 spiro atoms. The summed E-state index contributed by atoms with van der Waals surface area (Å²) in [5.41, 5.74) is 3.22. The number of carbonyl (C=O) groups is 2. The lowest BCUT2D eigenvalue weighted by atomic mass is 9.90. The van der Waals surface area contributed by atoms with Crippen molar-refractivity contribution in [2.75, 3.05) is 67.9 Å². The molecule has 0 saturated carbocycles. The molecular weight excluding hydrogens is 595 g/mol. The molecule has 1 aliphatic carbocycles. The monoisotopic (exact) mass is 643 g/mol. The van der Waals surface area contributed by atoms with Gasteiger partial charge in [-0.2, -0.15) is 13.2 Å². The van der Waals surface area contributed by atoms with E-state index in [1.807, 2.05) is 4.90 Å². The Hall–Kier alpha value is -3.63. The van der Waals surface area contributed by atoms with Crippen LogP contribution in [-0.4, -0.2) is 79.8 Å². The molecule has 2 aromatic rings. The van der Waals surface area contributed by atoms with E-state index in [2.05, 4.69) is 28.8 Å². The third-order valence-electron chi connectivity index (χ3n) is 9.19. The van der Waals surface area contributed by atoms with E-state index < -0.39 is 23.4 Å². The fourth-order valence-electron chi connectivity index (χ4n) is 6.66. The Bertz CT molecular complexity index is 1360. The predicted molar refractivity (Wildman–Crippen MR) is 175 cm³/mol. The SMILES string of the molecule is CC(C)(C)OC(=O)N1CCN(c2ccc(NCCC(=O)N3CCC(CNc4cccc5c4CCCC5)CC3)cc2C(F)(F)F)CC1. The van der Waals surface area contributed by atoms with Crippen molar-refractivity contribution in [3.05, 3.63) is 53.1 Å². The smallest absolute Gasteiger partial charge is 0.418 e. The zero-order chi connectivity index (χ0) is 32.9. The van der Waals surface area contributed by atoms with Crippen LogP contribution in [0.15, 0.2) is 36.4 Å². The van der Waals surface area contributed by atoms with E-state index >= 15 is 0 Å². The van der Waals surface area contributed by atoms with Crippen LogP contribution in [0.3, 0.4) is 0 Å². The minimum atomic E-state index is -4.55. The Morgan fingerprint density at radius 3 is 2.30 bits per heavy atom. The number of nitrogens with zero attached hydrogens (tertiary/aromatic N) is 3. The first kappa shape index (κ1) is 33.7. The third kappa shape index (κ3) is 8.79. The molecule has 0 aromatic heterocycles. The van der Waals surface area contributed by atoms with Gasteiger partial charge in [-0.1, -0.05) is 12.1 Å². The van der Waals surface area contributed by atoms with Gasteiger partial charge in [-0.15, -0.1) is 0 Å². The van der Waals surface area contributed by atoms with E-state index in [4.69, 9.17) is 4.74 Å². The molecule has 3 aliphatic rings. The maximum Gasteiger partial charge on any atom is 0.418 e. The summed E-state index contributed by atoms with van der Waals surface area (Å²) in [5, 5.41) is 6.70. The largest absolute Gasteiger partial charge is 0.444 e. The third-order valence-corrected chi connectivity index (χ3v) is 9.19. The molecule has 8 nitrogen and oxygen atoms in total. The van der Waals surface area contributed by atoms with E-state index in [0.717, 1.165) is 38.3 Å². The molecule has 2 saturated heterocycles. The van der Waals surface area contributed by atoms with Crippen LogP contribution in [0, 0.1) is 5.92 Å². The van der Waals surface area contributed by atoms with Gasteiger partial charge in [-0.25, -0.2) is 4.79 Å². The van der Waals surface area contributed by atoms with E-state index in [1.54, 1.807) is 31.7 Å². The Labute approximate surface area is 270 Å². The molecule has 2 fully saturated rings. The highest BCUT2D eigenvalue weighted by atomic mass is 19.4. The number of hydrogen-bond donors (Lipinski definition) is 2. The number of aryl methyl sites for hydroxylation is 1. The van der Waals surface area contributed by atoms with E-state index in [-0.39, 0.29) is 50.7 Å². The normalized spacial score (nSPS) is 17.8. The first-order chi connectivity index (χ1) is 21.9. The number of anilines is 3. The molecule has 2 N–H and O–H groups in total. The molecule has 0 radical (unpaired) electrons. The van der Waals surface area contributed by atoms with Crippen molar-refractivity contribution in [2.24, 2.45) is 5.92 Å². The molecule has 252 valence electrons. The quantitative estimate of drug-likeness (QED) is 0.330. The minimum Gasteiger partial charge on any atom is -0.444 e. The van der Waals surface area contributed by atoms with E-state index in [1.165, 1.54) is 40.6 Å². The van der Waals surface area contributed by atoms with Gasteiger partial charge in [0.15, 0.2) is 0 Å². The van der Waals surface area contributed by atoms with Crippen LogP contribution in [0.5, 0.6) is 0 Å². The van der Waals surface area contributed by atoms with Crippen molar-refractivity contribution >= 4 is 29.1 Å². The summed E-state index contributed by atoms with van der Waals surface area (Å²) in [5.74, 6) is 0.521. The average molecular weight is 644 g/mol. The molecule has 2 heterocycles. The molecule has 5 rings (SSSR count). The fourth-order valence-corrected chi connectivity index (χ4v) is 6.66. The van der Waals surface area contributed by atoms with Crippen molar-refractivity contribution in [2.45, 2.75) is 77.5 Å². The molecule has 0 atom stereocenters. The van der Waals surface area contributed by atoms with Crippen molar-refractivity contribution in [1.29, 1.82) is 0 Å². The van der Waals surface area contributed by atoms with Crippen LogP contribution in [0.1, 0.15) is 69.6 Å². The Kier molecular flexibility index (Phi) is 10.6. The van der Waals surface area contributed by atoms with Crippen LogP contribution in [0.25, 0.3) is 0 Å². The topological polar surface area (TPSA) is 77.2 Å². The second-order valence-electron chi connectivity index (χ2n) is 13.7. The Morgan fingerprint density at radius 1 is 0.891 bits per heavy atom. The van der Waals surface area contributed by atoms with Crippen LogP contribution in [-0.2, 0) is 28.5 Å². The number of hydrogen-bond acceptors (Lipinski definition) is 6. The number of fused-ring (bicyclic) bond motifs is 1. The zero-order valence-corrected chi connectivity index (χ0v) is 27.3. The lowest BCUT2D eigenvalue weighted by molar-refractivity contribution is -0.137. The van der Waals surface area contributed by atoms with Crippen LogP contribution >= 0.6 is 0 Å². The lowest BCUT2D eigenvalue weighted by Crippen LogP contribution is -2.50. The number of alkyl halides is 3. The number of benzene rings is 2. The molecule has 0 bridgehead atoms. The van der Waals surface area contributed by atoms with Gasteiger partial charge in [0.1, 0.15) is 5.60 Å². The zero-order valence-electron chi connectivity index (χ0n) is 27.3. The fraction of sp³-hybridized carbons (Fsp3) is 0.600. The van der Waals surface area contributed by atoms with Crippen LogP contribution < -0.4 is 15.5 Å². The summed E-state index contributed by atoms with van der Waals surface area (Å²) in [6, 6.07) is 10.8. The summed E-state index contributed by atoms with van der Waals surface area (Å²) in [6.07, 6.45) is 1.87. The summed E-state index contributed by atoms with van der Waals surface area (Å²) in [4.78, 5) is 30.4. The first-order valence-corrected chi connectivity index (χ1v) is 16.7. The lowest BCUT2D eigenvalue weighted by Gasteiger charge is -2.37. The maximum absolute atomic E-state index is 14.1. The predicted octanol–water partition coefficient (Wildman–Crippen LogP) is 6.79. The van der Waals surface area contributed by atoms with Crippen LogP contribution in [0.2, 0.25) is 0 Å². The summed E-state index contributed by atoms with van der Waals surface area (Å²) in [6.45, 7) is 8.98. The number of rotatable bonds is 8. The second-order valence-corrected chi connectivity index (χ2v) is 13.7. The number of likely N-dealkylation sites (tertiary alicyclic amines) is 1. The Balaban J connectivity index is 1.07. The Morgan fingerprint density at radius 2 is 1.61 bits per heavy atom. The van der Waals surface area contributed by atoms with Gasteiger partial charge < -0.3 is 30.1 Å². The van der Waals surface area contributed by atoms with Crippen molar-refractivity contribution in [1.82, 2.24) is 9.80 Å². The van der Waals surface area contributed by atoms with Gasteiger partial charge in [0, 0.05) is 75.8 Å². The molecule has 0 unspecified atom stereocenters. The summed E-state index contributed by atoms with van der Waals surface area (Å²) < 4.78 is 47.8. The molecular formula is C35H48F3N5O3. The summed E-state index contributed by atoms with van der Waals surface area (Å²) in [7, 11) is 0. The number of nitrogens with one attached hydrogen (secondary N) is 2. The van der Waals surface area contributed by atoms with E-state index in [9.17, 15) is 22.8 Å². The number of halogens is 3. The number of piperazine rings is 1. The molecule has 46 heavy (non-hydrogen) atoms. The highest BCUT2D eigenvalue weighted by Gasteiger charge is 2.36. The molecule has 11 heteroatoms. The van der Waals surface area contributed by atoms with Gasteiger partial charge in [0.05, 0.1) is 5.56 Å². The first-order valence-electron chi connectivity index (χ1n) is 16.7. The number of piperidine rings is 1. The highest BCUT2D eigenvalue weighted by molar-refractivity contribution is 5.77. The highest BCUT2D eigenvalue weighted by Crippen LogP contribution is 2.39. The van der Waals surface area contributed by atoms with Crippen molar-refractivity contribution < 1.29 is 27.5 Å². The maximum atomic E-state index is 14.1. The molecule has 2 aliphatic heterocycles. The van der Waals surface area contributed by atoms with E-state index in [0.29, 0.717) is 24.7 Å².